The number of hydrogen-bond acceptors (Lipinski definition) is 7. The first-order valence-electron chi connectivity index (χ1n) is 18.1. The predicted octanol–water partition coefficient (Wildman–Crippen LogP) is 10.7. The van der Waals surface area contributed by atoms with Gasteiger partial charge in [0.05, 0.1) is 12.0 Å². The van der Waals surface area contributed by atoms with E-state index in [0.29, 0.717) is 39.7 Å². The van der Waals surface area contributed by atoms with Crippen LogP contribution in [0, 0.1) is 6.92 Å². The molecule has 8 nitrogen and oxygen atoms in total. The summed E-state index contributed by atoms with van der Waals surface area (Å²) in [7, 11) is -2.81. The number of aryl methyl sites for hydroxylation is 1. The normalized spacial score (nSPS) is 12.3. The number of rotatable bonds is 13. The van der Waals surface area contributed by atoms with Crippen molar-refractivity contribution in [1.82, 2.24) is 0 Å². The summed E-state index contributed by atoms with van der Waals surface area (Å²) in [5.74, 6) is 2.67. The Morgan fingerprint density at radius 1 is 0.491 bits per heavy atom. The van der Waals surface area contributed by atoms with Crippen molar-refractivity contribution in [2.45, 2.75) is 24.2 Å². The van der Waals surface area contributed by atoms with Gasteiger partial charge in [-0.3, -0.25) is 14.1 Å². The van der Waals surface area contributed by atoms with Gasteiger partial charge in [0.25, 0.3) is 10.1 Å². The molecular weight excluding hydrogens is 737 g/mol. The lowest BCUT2D eigenvalue weighted by molar-refractivity contribution is 0.103. The molecule has 284 valence electrons. The average molecular weight is 775 g/mol. The van der Waals surface area contributed by atoms with Crippen LogP contribution in [-0.2, 0) is 15.5 Å². The molecule has 0 bridgehead atoms. The summed E-state index contributed by atoms with van der Waals surface area (Å²) in [5, 5.41) is 0. The van der Waals surface area contributed by atoms with E-state index in [2.05, 4.69) is 19.1 Å². The van der Waals surface area contributed by atoms with E-state index >= 15 is 0 Å². The van der Waals surface area contributed by atoms with Gasteiger partial charge in [-0.1, -0.05) is 78.4 Å². The molecule has 9 heteroatoms. The smallest absolute Gasteiger partial charge is 0.294 e. The molecule has 0 saturated carbocycles. The molecule has 0 heterocycles. The van der Waals surface area contributed by atoms with Crippen LogP contribution in [0.4, 0.5) is 0 Å². The van der Waals surface area contributed by atoms with E-state index in [1.165, 1.54) is 18.2 Å². The zero-order valence-electron chi connectivity index (χ0n) is 31.4. The predicted molar refractivity (Wildman–Crippen MR) is 219 cm³/mol. The quantitative estimate of drug-likeness (QED) is 0.0699. The molecule has 7 aromatic carbocycles. The Labute approximate surface area is 331 Å². The van der Waals surface area contributed by atoms with Gasteiger partial charge in [-0.05, 0) is 128 Å². The van der Waals surface area contributed by atoms with Crippen LogP contribution in [0.1, 0.15) is 61.0 Å². The molecule has 0 saturated heterocycles. The van der Waals surface area contributed by atoms with E-state index in [1.807, 2.05) is 91.9 Å². The monoisotopic (exact) mass is 774 g/mol. The number of ether oxygens (including phenoxy) is 3. The van der Waals surface area contributed by atoms with Gasteiger partial charge in [0, 0.05) is 27.7 Å². The standard InChI is InChI=1S/C48H38O8S/c1-32-7-9-33(10-8-32)46(49)34-11-21-41(22-12-34)55-43-27-17-38(18-28-43)48(2,37-15-25-40(54-3)26-16-37)39-19-29-44(30-20-39)56-42-23-13-35(14-24-42)47(50)36-5-4-6-45(31-36)57(51,52)53/h4-31H,1-3H3,(H,51,52,53). The van der Waals surface area contributed by atoms with Gasteiger partial charge in [-0.25, -0.2) is 0 Å². The Balaban J connectivity index is 1.08. The van der Waals surface area contributed by atoms with E-state index in [4.69, 9.17) is 14.2 Å². The third kappa shape index (κ3) is 8.55. The summed E-state index contributed by atoms with van der Waals surface area (Å²) in [6.45, 7) is 4.15. The van der Waals surface area contributed by atoms with Gasteiger partial charge in [0.1, 0.15) is 28.7 Å². The van der Waals surface area contributed by atoms with Gasteiger partial charge in [-0.15, -0.1) is 0 Å². The second kappa shape index (κ2) is 16.1. The molecule has 1 atom stereocenters. The summed E-state index contributed by atoms with van der Waals surface area (Å²) in [6, 6.07) is 50.2. The Bertz CT molecular complexity index is 2640. The van der Waals surface area contributed by atoms with Crippen LogP contribution in [0.2, 0.25) is 0 Å². The minimum absolute atomic E-state index is 0.0443. The summed E-state index contributed by atoms with van der Waals surface area (Å²) in [4.78, 5) is 25.6. The Morgan fingerprint density at radius 2 is 0.842 bits per heavy atom. The van der Waals surface area contributed by atoms with Crippen LogP contribution in [0.25, 0.3) is 0 Å². The molecule has 57 heavy (non-hydrogen) atoms. The number of hydrogen-bond donors (Lipinski definition) is 1. The van der Waals surface area contributed by atoms with Gasteiger partial charge in [0.15, 0.2) is 11.6 Å². The number of ketones is 2. The van der Waals surface area contributed by atoms with Gasteiger partial charge >= 0.3 is 0 Å². The van der Waals surface area contributed by atoms with Crippen LogP contribution in [0.3, 0.4) is 0 Å². The lowest BCUT2D eigenvalue weighted by Crippen LogP contribution is -2.25. The maximum Gasteiger partial charge on any atom is 0.294 e. The first-order valence-corrected chi connectivity index (χ1v) is 19.5. The fraction of sp³-hybridized carbons (Fsp3) is 0.0833. The Kier molecular flexibility index (Phi) is 10.9. The van der Waals surface area contributed by atoms with Crippen molar-refractivity contribution in [3.8, 4) is 28.7 Å². The highest BCUT2D eigenvalue weighted by Gasteiger charge is 2.31. The van der Waals surface area contributed by atoms with Crippen molar-refractivity contribution >= 4 is 21.7 Å². The second-order valence-electron chi connectivity index (χ2n) is 13.7. The molecule has 7 aromatic rings. The van der Waals surface area contributed by atoms with Crippen molar-refractivity contribution in [2.75, 3.05) is 7.11 Å². The zero-order chi connectivity index (χ0) is 40.2. The van der Waals surface area contributed by atoms with Crippen LogP contribution in [-0.4, -0.2) is 31.6 Å². The molecule has 0 aliphatic rings. The number of carbonyl (C=O) groups is 2. The second-order valence-corrected chi connectivity index (χ2v) is 15.1. The molecule has 0 aromatic heterocycles. The molecular formula is C48H38O8S. The van der Waals surface area contributed by atoms with Gasteiger partial charge in [0.2, 0.25) is 0 Å². The van der Waals surface area contributed by atoms with Crippen molar-refractivity contribution in [3.05, 3.63) is 214 Å². The molecule has 7 rings (SSSR count). The summed E-state index contributed by atoms with van der Waals surface area (Å²) < 4.78 is 50.2. The Hall–Kier alpha value is -6.81. The van der Waals surface area contributed by atoms with Crippen LogP contribution >= 0.6 is 0 Å². The fourth-order valence-electron chi connectivity index (χ4n) is 6.59. The average Bonchev–Trinajstić information content (AvgIpc) is 3.24. The highest BCUT2D eigenvalue weighted by atomic mass is 32.2. The van der Waals surface area contributed by atoms with Crippen LogP contribution < -0.4 is 14.2 Å². The van der Waals surface area contributed by atoms with E-state index in [1.54, 1.807) is 55.6 Å². The molecule has 0 amide bonds. The molecule has 0 aliphatic heterocycles. The molecule has 1 unspecified atom stereocenters. The zero-order valence-corrected chi connectivity index (χ0v) is 32.2. The molecule has 0 radical (unpaired) electrons. The SMILES string of the molecule is COc1ccc(C(C)(c2ccc(Oc3ccc(C(=O)c4ccc(C)cc4)cc3)cc2)c2ccc(Oc3ccc(C(=O)c4cccc(S(=O)(=O)O)c4)cc3)cc2)cc1. The van der Waals surface area contributed by atoms with E-state index in [-0.39, 0.29) is 16.2 Å². The molecule has 0 fully saturated rings. The van der Waals surface area contributed by atoms with E-state index < -0.39 is 21.3 Å². The topological polar surface area (TPSA) is 116 Å². The molecule has 1 N–H and O–H groups in total. The van der Waals surface area contributed by atoms with E-state index in [0.717, 1.165) is 34.1 Å². The third-order valence-electron chi connectivity index (χ3n) is 9.94. The number of methoxy groups -OCH3 is 1. The fourth-order valence-corrected chi connectivity index (χ4v) is 7.12. The number of carbonyl (C=O) groups excluding carboxylic acids is 2. The van der Waals surface area contributed by atoms with Crippen molar-refractivity contribution in [3.63, 3.8) is 0 Å². The minimum atomic E-state index is -4.44. The van der Waals surface area contributed by atoms with Crippen LogP contribution in [0.5, 0.6) is 28.7 Å². The Morgan fingerprint density at radius 3 is 1.23 bits per heavy atom. The van der Waals surface area contributed by atoms with Crippen molar-refractivity contribution in [1.29, 1.82) is 0 Å². The first kappa shape index (κ1) is 38.5. The van der Waals surface area contributed by atoms with Crippen molar-refractivity contribution < 1.29 is 36.8 Å². The first-order chi connectivity index (χ1) is 27.4. The highest BCUT2D eigenvalue weighted by molar-refractivity contribution is 7.85. The summed E-state index contributed by atoms with van der Waals surface area (Å²) >= 11 is 0. The summed E-state index contributed by atoms with van der Waals surface area (Å²) in [6.07, 6.45) is 0. The molecule has 0 spiro atoms. The summed E-state index contributed by atoms with van der Waals surface area (Å²) in [5.41, 5.74) is 5.28. The lowest BCUT2D eigenvalue weighted by atomic mass is 9.71. The van der Waals surface area contributed by atoms with Gasteiger partial charge < -0.3 is 14.2 Å². The van der Waals surface area contributed by atoms with Crippen LogP contribution in [0.15, 0.2) is 175 Å². The molecule has 0 aliphatic carbocycles. The largest absolute Gasteiger partial charge is 0.497 e. The highest BCUT2D eigenvalue weighted by Crippen LogP contribution is 2.41. The van der Waals surface area contributed by atoms with E-state index in [9.17, 15) is 22.6 Å². The minimum Gasteiger partial charge on any atom is -0.497 e. The third-order valence-corrected chi connectivity index (χ3v) is 10.8. The number of benzene rings is 7. The van der Waals surface area contributed by atoms with Gasteiger partial charge in [-0.2, -0.15) is 8.42 Å². The maximum atomic E-state index is 13.0. The maximum absolute atomic E-state index is 13.0. The lowest BCUT2D eigenvalue weighted by Gasteiger charge is -2.32. The van der Waals surface area contributed by atoms with Crippen molar-refractivity contribution in [2.24, 2.45) is 0 Å².